The van der Waals surface area contributed by atoms with Crippen molar-refractivity contribution in [2.45, 2.75) is 104 Å². The molecule has 2 fully saturated rings. The minimum absolute atomic E-state index is 0.0498. The van der Waals surface area contributed by atoms with Gasteiger partial charge in [-0.1, -0.05) is 59.8 Å². The molecule has 7 unspecified atom stereocenters. The molecule has 2 aliphatic carbocycles. The van der Waals surface area contributed by atoms with E-state index in [2.05, 4.69) is 53.3 Å². The third-order valence-corrected chi connectivity index (χ3v) is 9.09. The van der Waals surface area contributed by atoms with Crippen LogP contribution in [0.25, 0.3) is 0 Å². The average Bonchev–Trinajstić information content (AvgIpc) is 2.83. The maximum absolute atomic E-state index is 11.0. The first kappa shape index (κ1) is 27.9. The fourth-order valence-corrected chi connectivity index (χ4v) is 6.08. The molecule has 3 rings (SSSR count). The van der Waals surface area contributed by atoms with Gasteiger partial charge in [-0.3, -0.25) is 0 Å². The average molecular weight is 479 g/mol. The van der Waals surface area contributed by atoms with Crippen LogP contribution in [0.1, 0.15) is 73.1 Å². The summed E-state index contributed by atoms with van der Waals surface area (Å²) in [6.45, 7) is 16.4. The maximum atomic E-state index is 11.0. The molecular weight excluding hydrogens is 428 g/mol. The van der Waals surface area contributed by atoms with E-state index >= 15 is 0 Å². The lowest BCUT2D eigenvalue weighted by Crippen LogP contribution is -2.47. The molecule has 34 heavy (non-hydrogen) atoms. The van der Waals surface area contributed by atoms with Gasteiger partial charge in [0.05, 0.1) is 24.4 Å². The number of ether oxygens (including phenoxy) is 4. The summed E-state index contributed by atoms with van der Waals surface area (Å²) in [5.41, 5.74) is 1.31. The van der Waals surface area contributed by atoms with E-state index in [4.69, 9.17) is 18.9 Å². The van der Waals surface area contributed by atoms with E-state index in [0.717, 1.165) is 44.1 Å². The van der Waals surface area contributed by atoms with Gasteiger partial charge in [-0.15, -0.1) is 0 Å². The Morgan fingerprint density at radius 3 is 2.29 bits per heavy atom. The number of hydrogen-bond donors (Lipinski definition) is 1. The van der Waals surface area contributed by atoms with Gasteiger partial charge >= 0.3 is 0 Å². The van der Waals surface area contributed by atoms with Crippen LogP contribution in [0.5, 0.6) is 0 Å². The Balaban J connectivity index is 1.62. The lowest BCUT2D eigenvalue weighted by molar-refractivity contribution is -0.198. The number of aliphatic hydroxyl groups is 1. The monoisotopic (exact) mass is 478 g/mol. The molecule has 0 radical (unpaired) electrons. The van der Waals surface area contributed by atoms with E-state index < -0.39 is 6.29 Å². The van der Waals surface area contributed by atoms with Gasteiger partial charge in [0.2, 0.25) is 0 Å². The second-order valence-corrected chi connectivity index (χ2v) is 12.0. The van der Waals surface area contributed by atoms with Crippen molar-refractivity contribution < 1.29 is 24.1 Å². The zero-order valence-corrected chi connectivity index (χ0v) is 22.7. The van der Waals surface area contributed by atoms with Crippen LogP contribution in [0, 0.1) is 35.0 Å². The fraction of sp³-hybridized carbons (Fsp3) is 0.862. The van der Waals surface area contributed by atoms with Crippen molar-refractivity contribution in [2.24, 2.45) is 35.0 Å². The highest BCUT2D eigenvalue weighted by molar-refractivity contribution is 5.22. The van der Waals surface area contributed by atoms with Crippen molar-refractivity contribution in [3.05, 3.63) is 24.3 Å². The molecule has 1 N–H and O–H groups in total. The summed E-state index contributed by atoms with van der Waals surface area (Å²) in [6, 6.07) is 0. The first-order valence-corrected chi connectivity index (χ1v) is 13.5. The van der Waals surface area contributed by atoms with Gasteiger partial charge in [-0.25, -0.2) is 0 Å². The second kappa shape index (κ2) is 12.0. The van der Waals surface area contributed by atoms with E-state index in [1.54, 1.807) is 14.2 Å². The van der Waals surface area contributed by atoms with Gasteiger partial charge in [-0.05, 0) is 54.4 Å². The topological polar surface area (TPSA) is 57.2 Å². The van der Waals surface area contributed by atoms with Gasteiger partial charge in [0.15, 0.2) is 6.29 Å². The predicted molar refractivity (Wildman–Crippen MR) is 136 cm³/mol. The molecule has 1 saturated carbocycles. The van der Waals surface area contributed by atoms with Crippen LogP contribution in [-0.2, 0) is 18.9 Å². The Labute approximate surface area is 208 Å². The Morgan fingerprint density at radius 2 is 1.74 bits per heavy atom. The Bertz CT molecular complexity index is 674. The van der Waals surface area contributed by atoms with Crippen molar-refractivity contribution in [1.29, 1.82) is 0 Å². The van der Waals surface area contributed by atoms with E-state index in [9.17, 15) is 5.11 Å². The number of allylic oxidation sites excluding steroid dienone is 2. The molecule has 3 aliphatic rings. The van der Waals surface area contributed by atoms with Gasteiger partial charge < -0.3 is 24.1 Å². The van der Waals surface area contributed by atoms with Crippen molar-refractivity contribution >= 4 is 0 Å². The van der Waals surface area contributed by atoms with Gasteiger partial charge in [-0.2, -0.15) is 0 Å². The first-order valence-electron chi connectivity index (χ1n) is 13.5. The molecule has 5 heteroatoms. The zero-order chi connectivity index (χ0) is 25.0. The summed E-state index contributed by atoms with van der Waals surface area (Å²) in [4.78, 5) is 0. The Kier molecular flexibility index (Phi) is 9.84. The molecule has 0 spiro atoms. The number of rotatable bonds is 10. The van der Waals surface area contributed by atoms with Crippen LogP contribution in [0.3, 0.4) is 0 Å². The molecule has 5 nitrogen and oxygen atoms in total. The lowest BCUT2D eigenvalue weighted by Gasteiger charge is -2.47. The van der Waals surface area contributed by atoms with Crippen LogP contribution in [0.15, 0.2) is 24.3 Å². The van der Waals surface area contributed by atoms with Crippen molar-refractivity contribution in [2.75, 3.05) is 20.8 Å². The largest absolute Gasteiger partial charge is 0.381 e. The molecule has 0 aromatic carbocycles. The molecule has 1 heterocycles. The number of hydrogen-bond acceptors (Lipinski definition) is 5. The number of methoxy groups -OCH3 is 2. The molecule has 196 valence electrons. The summed E-state index contributed by atoms with van der Waals surface area (Å²) < 4.78 is 24.0. The predicted octanol–water partition coefficient (Wildman–Crippen LogP) is 5.77. The van der Waals surface area contributed by atoms with Crippen LogP contribution >= 0.6 is 0 Å². The molecule has 0 amide bonds. The SMILES string of the molecule is C=C1C(CC(OCC2CC(OC)CC(OC)C2)C(C)C)OC(O)C2CC(C(C)(C)CC)C=C[C@H]12. The second-order valence-electron chi connectivity index (χ2n) is 12.0. The third kappa shape index (κ3) is 6.53. The van der Waals surface area contributed by atoms with Gasteiger partial charge in [0, 0.05) is 39.1 Å². The standard InChI is InChI=1S/C29H50O5/c1-9-29(5,6)21-10-11-24-19(4)27(34-28(30)25(24)14-21)16-26(18(2)3)33-17-20-12-22(31-7)15-23(13-20)32-8/h10-11,18,20-28,30H,4,9,12-17H2,1-3,5-8H3/t20?,21?,22?,23?,24-,25?,26?,27?,28?/m1/s1. The van der Waals surface area contributed by atoms with Crippen molar-refractivity contribution in [3.8, 4) is 0 Å². The summed E-state index contributed by atoms with van der Waals surface area (Å²) in [7, 11) is 3.57. The van der Waals surface area contributed by atoms with E-state index in [-0.39, 0.29) is 41.7 Å². The van der Waals surface area contributed by atoms with E-state index in [0.29, 0.717) is 24.4 Å². The smallest absolute Gasteiger partial charge is 0.159 e. The molecule has 1 saturated heterocycles. The fourth-order valence-electron chi connectivity index (χ4n) is 6.08. The van der Waals surface area contributed by atoms with Crippen LogP contribution < -0.4 is 0 Å². The van der Waals surface area contributed by atoms with Crippen molar-refractivity contribution in [3.63, 3.8) is 0 Å². The lowest BCUT2D eigenvalue weighted by atomic mass is 9.64. The normalized spacial score (nSPS) is 37.6. The number of fused-ring (bicyclic) bond motifs is 1. The summed E-state index contributed by atoms with van der Waals surface area (Å²) in [5.74, 6) is 1.49. The van der Waals surface area contributed by atoms with Gasteiger partial charge in [0.25, 0.3) is 0 Å². The van der Waals surface area contributed by atoms with Crippen LogP contribution in [0.4, 0.5) is 0 Å². The minimum atomic E-state index is -0.753. The maximum Gasteiger partial charge on any atom is 0.159 e. The van der Waals surface area contributed by atoms with E-state index in [1.807, 2.05) is 0 Å². The van der Waals surface area contributed by atoms with E-state index in [1.165, 1.54) is 0 Å². The van der Waals surface area contributed by atoms with Crippen molar-refractivity contribution in [1.82, 2.24) is 0 Å². The third-order valence-electron chi connectivity index (χ3n) is 9.09. The van der Waals surface area contributed by atoms with Gasteiger partial charge in [0.1, 0.15) is 0 Å². The highest BCUT2D eigenvalue weighted by Gasteiger charge is 2.44. The highest BCUT2D eigenvalue weighted by atomic mass is 16.6. The molecule has 8 atom stereocenters. The molecule has 0 bridgehead atoms. The number of aliphatic hydroxyl groups excluding tert-OH is 1. The minimum Gasteiger partial charge on any atom is -0.381 e. The summed E-state index contributed by atoms with van der Waals surface area (Å²) in [6.07, 6.45) is 10.00. The Hall–Kier alpha value is -0.720. The quantitative estimate of drug-likeness (QED) is 0.404. The highest BCUT2D eigenvalue weighted by Crippen LogP contribution is 2.47. The zero-order valence-electron chi connectivity index (χ0n) is 22.7. The summed E-state index contributed by atoms with van der Waals surface area (Å²) in [5, 5.41) is 11.0. The molecule has 0 aromatic heterocycles. The first-order chi connectivity index (χ1) is 16.1. The van der Waals surface area contributed by atoms with Crippen LogP contribution in [0.2, 0.25) is 0 Å². The molecular formula is C29H50O5. The Morgan fingerprint density at radius 1 is 1.09 bits per heavy atom. The summed E-state index contributed by atoms with van der Waals surface area (Å²) >= 11 is 0. The molecule has 0 aromatic rings. The molecule has 1 aliphatic heterocycles. The van der Waals surface area contributed by atoms with Crippen LogP contribution in [-0.4, -0.2) is 56.6 Å².